The predicted molar refractivity (Wildman–Crippen MR) is 87.9 cm³/mol. The smallest absolute Gasteiger partial charge is 0.426 e. The fraction of sp³-hybridized carbons (Fsp3) is 0.111. The molecule has 2 rings (SSSR count). The van der Waals surface area contributed by atoms with Crippen molar-refractivity contribution in [2.75, 3.05) is 6.61 Å². The van der Waals surface area contributed by atoms with E-state index in [4.69, 9.17) is 31.6 Å². The van der Waals surface area contributed by atoms with Gasteiger partial charge in [-0.1, -0.05) is 17.7 Å². The van der Waals surface area contributed by atoms with E-state index in [0.29, 0.717) is 11.8 Å². The maximum atomic E-state index is 12.3. The molecule has 2 aromatic carbocycles. The third kappa shape index (κ3) is 5.44. The van der Waals surface area contributed by atoms with Crippen molar-refractivity contribution in [2.45, 2.75) is 6.18 Å². The quantitative estimate of drug-likeness (QED) is 0.709. The van der Waals surface area contributed by atoms with Gasteiger partial charge in [0.15, 0.2) is 0 Å². The maximum absolute atomic E-state index is 12.3. The first-order valence-corrected chi connectivity index (χ1v) is 7.48. The topological polar surface area (TPSA) is 66.0 Å². The Morgan fingerprint density at radius 2 is 1.62 bits per heavy atom. The first kappa shape index (κ1) is 19.2. The summed E-state index contributed by atoms with van der Waals surface area (Å²) in [7, 11) is 0. The monoisotopic (exact) mass is 378 g/mol. The highest BCUT2D eigenvalue weighted by Gasteiger charge is 2.31. The molecule has 0 amide bonds. The van der Waals surface area contributed by atoms with Crippen LogP contribution in [0.3, 0.4) is 0 Å². The SMILES string of the molecule is N#Cc1cc(C#N)cc(Oc2cccc(OC/C=C(\Cl)C(F)(F)F)c2)c1. The fourth-order valence-electron chi connectivity index (χ4n) is 1.88. The zero-order valence-electron chi connectivity index (χ0n) is 13.0. The molecule has 0 bridgehead atoms. The van der Waals surface area contributed by atoms with Gasteiger partial charge in [-0.3, -0.25) is 0 Å². The highest BCUT2D eigenvalue weighted by atomic mass is 35.5. The van der Waals surface area contributed by atoms with E-state index in [0.717, 1.165) is 0 Å². The number of halogens is 4. The van der Waals surface area contributed by atoms with Gasteiger partial charge in [0.1, 0.15) is 28.9 Å². The molecule has 0 saturated carbocycles. The largest absolute Gasteiger partial charge is 0.489 e. The van der Waals surface area contributed by atoms with E-state index in [-0.39, 0.29) is 29.2 Å². The first-order valence-electron chi connectivity index (χ1n) is 7.10. The van der Waals surface area contributed by atoms with E-state index in [1.54, 1.807) is 12.1 Å². The van der Waals surface area contributed by atoms with E-state index >= 15 is 0 Å². The van der Waals surface area contributed by atoms with Crippen LogP contribution >= 0.6 is 11.6 Å². The summed E-state index contributed by atoms with van der Waals surface area (Å²) >= 11 is 5.10. The summed E-state index contributed by atoms with van der Waals surface area (Å²) in [4.78, 5) is 0. The Kier molecular flexibility index (Phi) is 6.11. The molecular weight excluding hydrogens is 369 g/mol. The van der Waals surface area contributed by atoms with E-state index < -0.39 is 11.2 Å². The molecule has 0 aromatic heterocycles. The molecule has 0 N–H and O–H groups in total. The summed E-state index contributed by atoms with van der Waals surface area (Å²) in [5, 5.41) is 16.7. The van der Waals surface area contributed by atoms with E-state index in [1.165, 1.54) is 30.3 Å². The summed E-state index contributed by atoms with van der Waals surface area (Å²) in [5.74, 6) is 0.868. The van der Waals surface area contributed by atoms with Crippen LogP contribution in [0.15, 0.2) is 53.6 Å². The van der Waals surface area contributed by atoms with Crippen molar-refractivity contribution in [3.8, 4) is 29.4 Å². The Bertz CT molecular complexity index is 880. The Labute approximate surface area is 152 Å². The summed E-state index contributed by atoms with van der Waals surface area (Å²) in [6.07, 6.45) is -3.90. The van der Waals surface area contributed by atoms with Crippen molar-refractivity contribution in [1.29, 1.82) is 10.5 Å². The first-order chi connectivity index (χ1) is 12.3. The van der Waals surface area contributed by atoms with Crippen molar-refractivity contribution in [2.24, 2.45) is 0 Å². The van der Waals surface area contributed by atoms with Gasteiger partial charge in [0.2, 0.25) is 0 Å². The van der Waals surface area contributed by atoms with Gasteiger partial charge in [-0.2, -0.15) is 23.7 Å². The lowest BCUT2D eigenvalue weighted by atomic mass is 10.1. The second-order valence-electron chi connectivity index (χ2n) is 4.91. The number of nitrogens with zero attached hydrogens (tertiary/aromatic N) is 2. The molecular formula is C18H10ClF3N2O2. The van der Waals surface area contributed by atoms with Gasteiger partial charge in [0.05, 0.1) is 23.3 Å². The standard InChI is InChI=1S/C18H10ClF3N2O2/c19-17(18(20,21)22)4-5-25-14-2-1-3-15(9-14)26-16-7-12(10-23)6-13(8-16)11-24/h1-4,6-9H,5H2/b17-4-. The minimum absolute atomic E-state index is 0.262. The number of alkyl halides is 3. The number of ether oxygens (including phenoxy) is 2. The number of hydrogen-bond acceptors (Lipinski definition) is 4. The lowest BCUT2D eigenvalue weighted by molar-refractivity contribution is -0.0848. The summed E-state index contributed by atoms with van der Waals surface area (Å²) in [6, 6.07) is 14.4. The minimum atomic E-state index is -4.61. The van der Waals surface area contributed by atoms with Crippen LogP contribution in [0.1, 0.15) is 11.1 Å². The van der Waals surface area contributed by atoms with Crippen LogP contribution in [-0.4, -0.2) is 12.8 Å². The number of nitriles is 2. The van der Waals surface area contributed by atoms with Crippen molar-refractivity contribution in [1.82, 2.24) is 0 Å². The normalized spacial score (nSPS) is 11.4. The van der Waals surface area contributed by atoms with Crippen LogP contribution < -0.4 is 9.47 Å². The molecule has 26 heavy (non-hydrogen) atoms. The Hall–Kier alpha value is -3.16. The highest BCUT2D eigenvalue weighted by Crippen LogP contribution is 2.29. The lowest BCUT2D eigenvalue weighted by Gasteiger charge is -2.09. The average molecular weight is 379 g/mol. The Morgan fingerprint density at radius 1 is 1.00 bits per heavy atom. The van der Waals surface area contributed by atoms with Crippen molar-refractivity contribution in [3.05, 3.63) is 64.7 Å². The third-order valence-corrected chi connectivity index (χ3v) is 3.36. The zero-order valence-corrected chi connectivity index (χ0v) is 13.8. The highest BCUT2D eigenvalue weighted by molar-refractivity contribution is 6.30. The molecule has 0 aliphatic carbocycles. The Morgan fingerprint density at radius 3 is 2.19 bits per heavy atom. The van der Waals surface area contributed by atoms with Gasteiger partial charge in [0.25, 0.3) is 0 Å². The summed E-state index contributed by atoms with van der Waals surface area (Å²) in [5.41, 5.74) is 0.525. The molecule has 0 heterocycles. The van der Waals surface area contributed by atoms with Crippen LogP contribution in [0.4, 0.5) is 13.2 Å². The van der Waals surface area contributed by atoms with Crippen LogP contribution in [0, 0.1) is 22.7 Å². The molecule has 0 aliphatic rings. The van der Waals surface area contributed by atoms with Crippen LogP contribution in [0.5, 0.6) is 17.2 Å². The number of benzene rings is 2. The Balaban J connectivity index is 2.11. The van der Waals surface area contributed by atoms with Gasteiger partial charge < -0.3 is 9.47 Å². The number of rotatable bonds is 5. The summed E-state index contributed by atoms with van der Waals surface area (Å²) in [6.45, 7) is -0.371. The molecule has 0 radical (unpaired) electrons. The van der Waals surface area contributed by atoms with Gasteiger partial charge in [0, 0.05) is 6.07 Å². The lowest BCUT2D eigenvalue weighted by Crippen LogP contribution is -2.08. The van der Waals surface area contributed by atoms with Crippen molar-refractivity contribution in [3.63, 3.8) is 0 Å². The predicted octanol–water partition coefficient (Wildman–Crippen LogP) is 5.29. The number of allylic oxidation sites excluding steroid dienone is 1. The molecule has 132 valence electrons. The van der Waals surface area contributed by atoms with Gasteiger partial charge in [-0.15, -0.1) is 0 Å². The van der Waals surface area contributed by atoms with Gasteiger partial charge in [-0.25, -0.2) is 0 Å². The molecule has 0 saturated heterocycles. The fourth-order valence-corrected chi connectivity index (χ4v) is 1.94. The van der Waals surface area contributed by atoms with E-state index in [2.05, 4.69) is 0 Å². The molecule has 4 nitrogen and oxygen atoms in total. The van der Waals surface area contributed by atoms with Crippen molar-refractivity contribution < 1.29 is 22.6 Å². The average Bonchev–Trinajstić information content (AvgIpc) is 2.60. The van der Waals surface area contributed by atoms with Gasteiger partial charge in [-0.05, 0) is 36.4 Å². The van der Waals surface area contributed by atoms with Crippen LogP contribution in [-0.2, 0) is 0 Å². The molecule has 0 aliphatic heterocycles. The van der Waals surface area contributed by atoms with Crippen LogP contribution in [0.25, 0.3) is 0 Å². The van der Waals surface area contributed by atoms with Gasteiger partial charge >= 0.3 is 6.18 Å². The molecule has 0 spiro atoms. The molecule has 0 fully saturated rings. The zero-order chi connectivity index (χ0) is 19.2. The second-order valence-corrected chi connectivity index (χ2v) is 5.31. The second kappa shape index (κ2) is 8.28. The van der Waals surface area contributed by atoms with Crippen molar-refractivity contribution >= 4 is 11.6 Å². The molecule has 0 unspecified atom stereocenters. The molecule has 2 aromatic rings. The molecule has 0 atom stereocenters. The minimum Gasteiger partial charge on any atom is -0.489 e. The summed E-state index contributed by atoms with van der Waals surface area (Å²) < 4.78 is 47.6. The van der Waals surface area contributed by atoms with Crippen LogP contribution in [0.2, 0.25) is 0 Å². The van der Waals surface area contributed by atoms with E-state index in [9.17, 15) is 13.2 Å². The third-order valence-electron chi connectivity index (χ3n) is 2.99. The van der Waals surface area contributed by atoms with E-state index in [1.807, 2.05) is 12.1 Å². The number of hydrogen-bond donors (Lipinski definition) is 0. The maximum Gasteiger partial charge on any atom is 0.426 e. The molecule has 8 heteroatoms.